The number of carbonyl (C=O) groups excluding carboxylic acids is 2. The fourth-order valence-corrected chi connectivity index (χ4v) is 2.38. The van der Waals surface area contributed by atoms with E-state index >= 15 is 0 Å². The Morgan fingerprint density at radius 3 is 2.36 bits per heavy atom. The van der Waals surface area contributed by atoms with Crippen LogP contribution in [0.25, 0.3) is 5.70 Å². The lowest BCUT2D eigenvalue weighted by molar-refractivity contribution is -0.143. The Morgan fingerprint density at radius 2 is 1.86 bits per heavy atom. The molecule has 1 aromatic carbocycles. The number of carboxylic acid groups (broad SMARTS) is 1. The SMILES string of the molecule is C=C1c2ccccc2C(=O)N1CC(=O)N[C@H](C(=O)O)C(C)C. The molecule has 22 heavy (non-hydrogen) atoms. The molecule has 2 amide bonds. The molecule has 0 aliphatic carbocycles. The number of hydrogen-bond donors (Lipinski definition) is 2. The molecule has 0 unspecified atom stereocenters. The molecule has 0 saturated carbocycles. The predicted octanol–water partition coefficient (Wildman–Crippen LogP) is 1.34. The second-order valence-electron chi connectivity index (χ2n) is 5.51. The smallest absolute Gasteiger partial charge is 0.326 e. The number of aliphatic carboxylic acids is 1. The Morgan fingerprint density at radius 1 is 1.27 bits per heavy atom. The van der Waals surface area contributed by atoms with E-state index in [4.69, 9.17) is 5.11 Å². The number of benzene rings is 1. The van der Waals surface area contributed by atoms with Crippen LogP contribution in [0.15, 0.2) is 30.8 Å². The van der Waals surface area contributed by atoms with Crippen molar-refractivity contribution < 1.29 is 19.5 Å². The third kappa shape index (κ3) is 2.86. The van der Waals surface area contributed by atoms with Gasteiger partial charge in [0.15, 0.2) is 0 Å². The maximum absolute atomic E-state index is 12.3. The van der Waals surface area contributed by atoms with Crippen LogP contribution in [0.1, 0.15) is 29.8 Å². The first kappa shape index (κ1) is 15.8. The van der Waals surface area contributed by atoms with Crippen molar-refractivity contribution >= 4 is 23.5 Å². The van der Waals surface area contributed by atoms with Gasteiger partial charge in [-0.2, -0.15) is 0 Å². The van der Waals surface area contributed by atoms with Crippen LogP contribution in [0.2, 0.25) is 0 Å². The van der Waals surface area contributed by atoms with Crippen molar-refractivity contribution in [2.45, 2.75) is 19.9 Å². The molecule has 0 spiro atoms. The Balaban J connectivity index is 2.09. The molecule has 1 heterocycles. The van der Waals surface area contributed by atoms with Crippen LogP contribution in [0.3, 0.4) is 0 Å². The van der Waals surface area contributed by atoms with Gasteiger partial charge in [0, 0.05) is 16.8 Å². The molecule has 1 aromatic rings. The van der Waals surface area contributed by atoms with Crippen LogP contribution in [-0.4, -0.2) is 40.4 Å². The normalized spacial score (nSPS) is 15.0. The molecule has 0 bridgehead atoms. The largest absolute Gasteiger partial charge is 0.480 e. The highest BCUT2D eigenvalue weighted by molar-refractivity contribution is 6.10. The fourth-order valence-electron chi connectivity index (χ4n) is 2.38. The molecular weight excluding hydrogens is 284 g/mol. The molecule has 6 heteroatoms. The van der Waals surface area contributed by atoms with Gasteiger partial charge in [0.2, 0.25) is 5.91 Å². The van der Waals surface area contributed by atoms with Crippen molar-refractivity contribution in [3.63, 3.8) is 0 Å². The van der Waals surface area contributed by atoms with Crippen LogP contribution in [-0.2, 0) is 9.59 Å². The van der Waals surface area contributed by atoms with Crippen molar-refractivity contribution in [2.75, 3.05) is 6.54 Å². The van der Waals surface area contributed by atoms with Gasteiger partial charge in [-0.3, -0.25) is 14.5 Å². The van der Waals surface area contributed by atoms with Crippen LogP contribution >= 0.6 is 0 Å². The van der Waals surface area contributed by atoms with Gasteiger partial charge in [-0.05, 0) is 12.0 Å². The number of carbonyl (C=O) groups is 3. The summed E-state index contributed by atoms with van der Waals surface area (Å²) in [6, 6.07) is 5.99. The summed E-state index contributed by atoms with van der Waals surface area (Å²) in [6.45, 7) is 7.00. The summed E-state index contributed by atoms with van der Waals surface area (Å²) in [5, 5.41) is 11.5. The highest BCUT2D eigenvalue weighted by atomic mass is 16.4. The predicted molar refractivity (Wildman–Crippen MR) is 80.9 cm³/mol. The minimum atomic E-state index is -1.10. The second-order valence-corrected chi connectivity index (χ2v) is 5.51. The highest BCUT2D eigenvalue weighted by Gasteiger charge is 2.33. The fraction of sp³-hybridized carbons (Fsp3) is 0.312. The minimum absolute atomic E-state index is 0.247. The molecule has 1 aliphatic rings. The van der Waals surface area contributed by atoms with Crippen LogP contribution in [0.5, 0.6) is 0 Å². The summed E-state index contributed by atoms with van der Waals surface area (Å²) < 4.78 is 0. The number of hydrogen-bond acceptors (Lipinski definition) is 3. The van der Waals surface area contributed by atoms with Gasteiger partial charge < -0.3 is 10.4 Å². The molecule has 2 N–H and O–H groups in total. The Hall–Kier alpha value is -2.63. The summed E-state index contributed by atoms with van der Waals surface area (Å²) in [5.41, 5.74) is 1.64. The number of amides is 2. The Bertz CT molecular complexity index is 616. The van der Waals surface area contributed by atoms with Crippen molar-refractivity contribution in [2.24, 2.45) is 5.92 Å². The quantitative estimate of drug-likeness (QED) is 0.859. The maximum Gasteiger partial charge on any atom is 0.326 e. The first-order valence-corrected chi connectivity index (χ1v) is 6.95. The highest BCUT2D eigenvalue weighted by Crippen LogP contribution is 2.30. The van der Waals surface area contributed by atoms with E-state index < -0.39 is 17.9 Å². The number of nitrogens with zero attached hydrogens (tertiary/aromatic N) is 1. The average molecular weight is 302 g/mol. The number of rotatable bonds is 5. The summed E-state index contributed by atoms with van der Waals surface area (Å²) >= 11 is 0. The van der Waals surface area contributed by atoms with Gasteiger partial charge in [0.05, 0.1) is 0 Å². The second kappa shape index (κ2) is 6.01. The summed E-state index contributed by atoms with van der Waals surface area (Å²) in [7, 11) is 0. The van der Waals surface area contributed by atoms with E-state index in [1.807, 2.05) is 0 Å². The van der Waals surface area contributed by atoms with E-state index in [1.165, 1.54) is 4.90 Å². The average Bonchev–Trinajstić information content (AvgIpc) is 2.70. The molecule has 0 aromatic heterocycles. The lowest BCUT2D eigenvalue weighted by Gasteiger charge is -2.21. The van der Waals surface area contributed by atoms with Gasteiger partial charge in [-0.25, -0.2) is 4.79 Å². The molecule has 6 nitrogen and oxygen atoms in total. The summed E-state index contributed by atoms with van der Waals surface area (Å²) in [6.07, 6.45) is 0. The van der Waals surface area contributed by atoms with Crippen molar-refractivity contribution in [1.82, 2.24) is 10.2 Å². The molecule has 116 valence electrons. The molecule has 1 atom stereocenters. The van der Waals surface area contributed by atoms with Crippen LogP contribution in [0.4, 0.5) is 0 Å². The van der Waals surface area contributed by atoms with Gasteiger partial charge in [0.1, 0.15) is 12.6 Å². The minimum Gasteiger partial charge on any atom is -0.480 e. The van der Waals surface area contributed by atoms with Gasteiger partial charge in [-0.15, -0.1) is 0 Å². The van der Waals surface area contributed by atoms with E-state index in [0.29, 0.717) is 16.8 Å². The molecule has 0 radical (unpaired) electrons. The Kier molecular flexibility index (Phi) is 4.30. The maximum atomic E-state index is 12.3. The van der Waals surface area contributed by atoms with Gasteiger partial charge in [-0.1, -0.05) is 38.6 Å². The van der Waals surface area contributed by atoms with Crippen LogP contribution in [0, 0.1) is 5.92 Å². The van der Waals surface area contributed by atoms with E-state index in [2.05, 4.69) is 11.9 Å². The van der Waals surface area contributed by atoms with Gasteiger partial charge >= 0.3 is 5.97 Å². The third-order valence-corrected chi connectivity index (χ3v) is 3.59. The summed E-state index contributed by atoms with van der Waals surface area (Å²) in [5.74, 6) is -2.18. The molecule has 1 aliphatic heterocycles. The topological polar surface area (TPSA) is 86.7 Å². The van der Waals surface area contributed by atoms with E-state index in [1.54, 1.807) is 38.1 Å². The van der Waals surface area contributed by atoms with E-state index in [0.717, 1.165) is 0 Å². The molecule has 2 rings (SSSR count). The number of carboxylic acids is 1. The van der Waals surface area contributed by atoms with Crippen molar-refractivity contribution in [1.29, 1.82) is 0 Å². The van der Waals surface area contributed by atoms with Gasteiger partial charge in [0.25, 0.3) is 5.91 Å². The van der Waals surface area contributed by atoms with Crippen molar-refractivity contribution in [3.8, 4) is 0 Å². The zero-order valence-electron chi connectivity index (χ0n) is 12.5. The summed E-state index contributed by atoms with van der Waals surface area (Å²) in [4.78, 5) is 36.7. The number of fused-ring (bicyclic) bond motifs is 1. The molecule has 0 fully saturated rings. The lowest BCUT2D eigenvalue weighted by Crippen LogP contribution is -2.47. The third-order valence-electron chi connectivity index (χ3n) is 3.59. The zero-order valence-corrected chi connectivity index (χ0v) is 12.5. The zero-order chi connectivity index (χ0) is 16.4. The van der Waals surface area contributed by atoms with Crippen LogP contribution < -0.4 is 5.32 Å². The monoisotopic (exact) mass is 302 g/mol. The standard InChI is InChI=1S/C16H18N2O4/c1-9(2)14(16(21)22)17-13(19)8-18-10(3)11-6-4-5-7-12(11)15(18)20/h4-7,9,14H,3,8H2,1-2H3,(H,17,19)(H,21,22)/t14-/m0/s1. The van der Waals surface area contributed by atoms with E-state index in [-0.39, 0.29) is 18.4 Å². The Labute approximate surface area is 128 Å². The molecule has 0 saturated heterocycles. The lowest BCUT2D eigenvalue weighted by atomic mass is 10.0. The number of nitrogens with one attached hydrogen (secondary N) is 1. The molecular formula is C16H18N2O4. The first-order chi connectivity index (χ1) is 10.3. The first-order valence-electron chi connectivity index (χ1n) is 6.95. The van der Waals surface area contributed by atoms with E-state index in [9.17, 15) is 14.4 Å². The van der Waals surface area contributed by atoms with Crippen molar-refractivity contribution in [3.05, 3.63) is 42.0 Å².